The third-order valence-corrected chi connectivity index (χ3v) is 9.61. The zero-order valence-corrected chi connectivity index (χ0v) is 37.3. The maximum Gasteiger partial charge on any atom is 0.265 e. The van der Waals surface area contributed by atoms with E-state index in [2.05, 4.69) is 140 Å². The first kappa shape index (κ1) is 41.8. The number of benzene rings is 6. The van der Waals surface area contributed by atoms with E-state index in [9.17, 15) is 0 Å². The Labute approximate surface area is 377 Å². The van der Waals surface area contributed by atoms with Crippen LogP contribution in [-0.4, -0.2) is 39.1 Å². The van der Waals surface area contributed by atoms with E-state index >= 15 is 0 Å². The Kier molecular flexibility index (Phi) is 14.2. The molecule has 0 aliphatic heterocycles. The van der Waals surface area contributed by atoms with E-state index in [1.807, 2.05) is 146 Å². The number of hydrogen-bond donors (Lipinski definition) is 0. The summed E-state index contributed by atoms with van der Waals surface area (Å²) in [7, 11) is 0. The Bertz CT molecular complexity index is 2510. The minimum Gasteiger partial charge on any atom is -0.338 e. The Morgan fingerprint density at radius 3 is 1.19 bits per heavy atom. The van der Waals surface area contributed by atoms with E-state index in [4.69, 9.17) is 0 Å². The molecule has 0 saturated carbocycles. The molecular formula is C48H41BrN12Pt+. The summed E-state index contributed by atoms with van der Waals surface area (Å²) in [6.07, 6.45) is 17.7. The molecule has 0 amide bonds. The van der Waals surface area contributed by atoms with Crippen LogP contribution >= 0.6 is 13.3 Å². The van der Waals surface area contributed by atoms with Gasteiger partial charge in [0, 0.05) is 16.3 Å². The van der Waals surface area contributed by atoms with Gasteiger partial charge in [-0.05, 0) is 34.4 Å². The molecule has 0 aliphatic rings. The topological polar surface area (TPSA) is 86.8 Å². The van der Waals surface area contributed by atoms with E-state index < -0.39 is 0 Å². The van der Waals surface area contributed by atoms with Crippen LogP contribution in [0.5, 0.6) is 0 Å². The molecule has 4 aromatic heterocycles. The summed E-state index contributed by atoms with van der Waals surface area (Å²) in [5.74, 6) is 0. The molecule has 0 spiro atoms. The van der Waals surface area contributed by atoms with Gasteiger partial charge in [-0.1, -0.05) is 158 Å². The first-order chi connectivity index (χ1) is 30.7. The molecule has 6 aromatic carbocycles. The van der Waals surface area contributed by atoms with Crippen LogP contribution in [0.2, 0.25) is 0 Å². The van der Waals surface area contributed by atoms with Crippen LogP contribution in [0.3, 0.4) is 0 Å². The van der Waals surface area contributed by atoms with Crippen LogP contribution in [0.25, 0.3) is 22.7 Å². The quantitative estimate of drug-likeness (QED) is 0.116. The van der Waals surface area contributed by atoms with Crippen LogP contribution in [0.1, 0.15) is 22.3 Å². The van der Waals surface area contributed by atoms with Crippen molar-refractivity contribution in [3.05, 3.63) is 243 Å². The second-order valence-electron chi connectivity index (χ2n) is 14.2. The number of hydrogen-bond acceptors (Lipinski definition) is 4. The van der Waals surface area contributed by atoms with Crippen LogP contribution in [-0.2, 0) is 43.9 Å². The fraction of sp³-hybridized carbons (Fsp3) is 0.0833. The van der Waals surface area contributed by atoms with Gasteiger partial charge in [-0.15, -0.1) is 0 Å². The van der Waals surface area contributed by atoms with Gasteiger partial charge in [0.2, 0.25) is 12.7 Å². The molecule has 0 aliphatic carbocycles. The Morgan fingerprint density at radius 2 is 0.790 bits per heavy atom. The molecule has 62 heavy (non-hydrogen) atoms. The van der Waals surface area contributed by atoms with Crippen molar-refractivity contribution >= 4 is 13.3 Å². The van der Waals surface area contributed by atoms with Crippen molar-refractivity contribution in [1.29, 1.82) is 0 Å². The van der Waals surface area contributed by atoms with Crippen molar-refractivity contribution < 1.29 is 36.0 Å². The first-order valence-corrected chi connectivity index (χ1v) is 24.7. The van der Waals surface area contributed by atoms with Gasteiger partial charge in [-0.3, -0.25) is 0 Å². The Hall–Kier alpha value is -6.95. The molecule has 0 fully saturated rings. The zero-order valence-electron chi connectivity index (χ0n) is 33.4. The number of rotatable bonds is 12. The van der Waals surface area contributed by atoms with Gasteiger partial charge >= 0.3 is 31.1 Å². The molecule has 4 heterocycles. The standard InChI is InChI=1S/C24H22N6.C24H19N6.BrH.Pt/c2*1-3-8-21(9-4-1)15-27-17-25-29(19-27)23-12-7-13-24(14-23)30-20-28(18-26-30)16-22-10-5-2-6-11-22;;/h1-14,17-20H,15-16H2;1-13,17-18H,15-16H2;1H;/q+2;-1;;+1/p-1. The van der Waals surface area contributed by atoms with Gasteiger partial charge in [0.1, 0.15) is 11.4 Å². The smallest absolute Gasteiger partial charge is 0.265 e. The third-order valence-electron chi connectivity index (χ3n) is 9.61. The minimum absolute atomic E-state index is 0.715. The maximum atomic E-state index is 4.52. The van der Waals surface area contributed by atoms with Gasteiger partial charge in [-0.2, -0.15) is 18.2 Å². The fourth-order valence-corrected chi connectivity index (χ4v) is 6.65. The van der Waals surface area contributed by atoms with Crippen molar-refractivity contribution in [3.63, 3.8) is 0 Å². The van der Waals surface area contributed by atoms with Crippen LogP contribution in [0.15, 0.2) is 202 Å². The van der Waals surface area contributed by atoms with E-state index in [-0.39, 0.29) is 0 Å². The number of halogens is 1. The summed E-state index contributed by atoms with van der Waals surface area (Å²) >= 11 is 4.86. The Morgan fingerprint density at radius 1 is 0.419 bits per heavy atom. The summed E-state index contributed by atoms with van der Waals surface area (Å²) in [4.78, 5) is 0. The minimum atomic E-state index is 0.715. The van der Waals surface area contributed by atoms with E-state index in [1.54, 1.807) is 22.0 Å². The predicted molar refractivity (Wildman–Crippen MR) is 230 cm³/mol. The van der Waals surface area contributed by atoms with Crippen molar-refractivity contribution in [2.45, 2.75) is 26.2 Å². The number of nitrogens with zero attached hydrogens (tertiary/aromatic N) is 12. The average Bonchev–Trinajstić information content (AvgIpc) is 4.19. The molecule has 14 heteroatoms. The van der Waals surface area contributed by atoms with Gasteiger partial charge in [0.05, 0.1) is 26.2 Å². The van der Waals surface area contributed by atoms with Crippen molar-refractivity contribution in [3.8, 4) is 22.7 Å². The van der Waals surface area contributed by atoms with Crippen molar-refractivity contribution in [2.75, 3.05) is 0 Å². The van der Waals surface area contributed by atoms with Crippen molar-refractivity contribution in [2.24, 2.45) is 0 Å². The molecule has 0 radical (unpaired) electrons. The SMILES string of the molecule is [Br][Pt].[c-]1c(-n2[c-][n+](Cc3ccccc3)cn2)cccc1-n1[c-][n+](Cc2ccccc2)cn1.c1ccc(C[n+]2cnn(-c3cccc(-n4c[n+](Cc5ccccc5)cn4)c3)c2)cc1. The van der Waals surface area contributed by atoms with Gasteiger partial charge < -0.3 is 9.13 Å². The maximum absolute atomic E-state index is 4.52. The zero-order chi connectivity index (χ0) is 42.4. The summed E-state index contributed by atoms with van der Waals surface area (Å²) in [5, 5.41) is 17.9. The summed E-state index contributed by atoms with van der Waals surface area (Å²) in [5.41, 5.74) is 8.45. The van der Waals surface area contributed by atoms with E-state index in [0.717, 1.165) is 35.8 Å². The predicted octanol–water partition coefficient (Wildman–Crippen LogP) is 5.70. The molecule has 0 saturated heterocycles. The van der Waals surface area contributed by atoms with Crippen molar-refractivity contribution in [1.82, 2.24) is 39.1 Å². The fourth-order valence-electron chi connectivity index (χ4n) is 6.65. The van der Waals surface area contributed by atoms with E-state index in [0.29, 0.717) is 13.1 Å². The molecule has 0 N–H and O–H groups in total. The molecule has 10 rings (SSSR count). The van der Waals surface area contributed by atoms with Crippen LogP contribution < -0.4 is 18.3 Å². The summed E-state index contributed by atoms with van der Waals surface area (Å²) < 4.78 is 15.1. The van der Waals surface area contributed by atoms with Gasteiger partial charge in [-0.25, -0.2) is 24.6 Å². The van der Waals surface area contributed by atoms with E-state index in [1.165, 1.54) is 22.3 Å². The Balaban J connectivity index is 0.000000164. The van der Waals surface area contributed by atoms with Crippen LogP contribution in [0, 0.1) is 18.7 Å². The first-order valence-electron chi connectivity index (χ1n) is 19.7. The number of aromatic nitrogens is 12. The third kappa shape index (κ3) is 11.2. The summed E-state index contributed by atoms with van der Waals surface area (Å²) in [6.45, 7) is 3.01. The molecule has 309 valence electrons. The molecule has 0 atom stereocenters. The second-order valence-corrected chi connectivity index (χ2v) is 14.2. The molecule has 0 bridgehead atoms. The normalized spacial score (nSPS) is 10.7. The van der Waals surface area contributed by atoms with Crippen LogP contribution in [0.4, 0.5) is 0 Å². The molecular weight excluding hydrogens is 1020 g/mol. The van der Waals surface area contributed by atoms with Gasteiger partial charge in [0.25, 0.3) is 12.7 Å². The molecule has 10 aromatic rings. The molecule has 0 unspecified atom stereocenters. The average molecular weight is 1060 g/mol. The molecule has 12 nitrogen and oxygen atoms in total. The second kappa shape index (κ2) is 21.0. The largest absolute Gasteiger partial charge is 0.338 e. The van der Waals surface area contributed by atoms with Gasteiger partial charge in [0.15, 0.2) is 25.3 Å². The summed E-state index contributed by atoms with van der Waals surface area (Å²) in [6, 6.07) is 58.6. The monoisotopic (exact) mass is 1060 g/mol.